The van der Waals surface area contributed by atoms with Crippen molar-refractivity contribution < 1.29 is 5.11 Å². The number of para-hydroxylation sites is 1. The fourth-order valence-electron chi connectivity index (χ4n) is 3.31. The van der Waals surface area contributed by atoms with Crippen molar-refractivity contribution in [2.75, 3.05) is 18.0 Å². The lowest BCUT2D eigenvalue weighted by Crippen LogP contribution is -2.40. The van der Waals surface area contributed by atoms with Crippen molar-refractivity contribution in [1.29, 1.82) is 0 Å². The van der Waals surface area contributed by atoms with Crippen LogP contribution in [0.4, 0.5) is 5.69 Å². The number of hydrogen-bond acceptors (Lipinski definition) is 2. The number of hydrogen-bond donors (Lipinski definition) is 1. The standard InChI is InChI=1S/C17H27NO/c1-4-17(5-2)10-12-18(13-11-17)16-9-7-6-8-15(16)14(3)19/h6-9,14,19H,4-5,10-13H2,1-3H3/t14-/m0/s1. The van der Waals surface area contributed by atoms with Gasteiger partial charge >= 0.3 is 0 Å². The highest BCUT2D eigenvalue weighted by atomic mass is 16.3. The summed E-state index contributed by atoms with van der Waals surface area (Å²) in [5.74, 6) is 0. The molecule has 1 aliphatic heterocycles. The van der Waals surface area contributed by atoms with Crippen molar-refractivity contribution in [2.45, 2.75) is 52.6 Å². The third-order valence-electron chi connectivity index (χ3n) is 5.05. The molecular weight excluding hydrogens is 234 g/mol. The van der Waals surface area contributed by atoms with E-state index in [2.05, 4.69) is 30.9 Å². The molecule has 1 saturated heterocycles. The monoisotopic (exact) mass is 261 g/mol. The fourth-order valence-corrected chi connectivity index (χ4v) is 3.31. The predicted molar refractivity (Wildman–Crippen MR) is 81.5 cm³/mol. The second-order valence-electron chi connectivity index (χ2n) is 5.93. The van der Waals surface area contributed by atoms with E-state index < -0.39 is 0 Å². The maximum Gasteiger partial charge on any atom is 0.0781 e. The Balaban J connectivity index is 2.14. The van der Waals surface area contributed by atoms with Crippen LogP contribution in [-0.4, -0.2) is 18.2 Å². The molecule has 2 heteroatoms. The van der Waals surface area contributed by atoms with E-state index in [9.17, 15) is 5.11 Å². The minimum Gasteiger partial charge on any atom is -0.389 e. The Bertz CT molecular complexity index is 399. The zero-order valence-electron chi connectivity index (χ0n) is 12.5. The normalized spacial score (nSPS) is 20.3. The summed E-state index contributed by atoms with van der Waals surface area (Å²) in [5, 5.41) is 9.90. The summed E-state index contributed by atoms with van der Waals surface area (Å²) in [7, 11) is 0. The summed E-state index contributed by atoms with van der Waals surface area (Å²) >= 11 is 0. The molecule has 1 aromatic carbocycles. The first-order valence-corrected chi connectivity index (χ1v) is 7.64. The van der Waals surface area contributed by atoms with E-state index in [0.717, 1.165) is 18.7 Å². The van der Waals surface area contributed by atoms with Gasteiger partial charge in [0, 0.05) is 24.3 Å². The van der Waals surface area contributed by atoms with Gasteiger partial charge in [0.1, 0.15) is 0 Å². The fraction of sp³-hybridized carbons (Fsp3) is 0.647. The molecule has 19 heavy (non-hydrogen) atoms. The van der Waals surface area contributed by atoms with E-state index >= 15 is 0 Å². The van der Waals surface area contributed by atoms with Crippen LogP contribution in [-0.2, 0) is 0 Å². The van der Waals surface area contributed by atoms with Crippen LogP contribution in [0.15, 0.2) is 24.3 Å². The lowest BCUT2D eigenvalue weighted by atomic mass is 9.74. The van der Waals surface area contributed by atoms with Crippen LogP contribution in [0.1, 0.15) is 58.1 Å². The van der Waals surface area contributed by atoms with Gasteiger partial charge in [0.05, 0.1) is 6.10 Å². The number of aliphatic hydroxyl groups is 1. The van der Waals surface area contributed by atoms with Crippen molar-refractivity contribution in [1.82, 2.24) is 0 Å². The first-order chi connectivity index (χ1) is 9.12. The van der Waals surface area contributed by atoms with E-state index in [-0.39, 0.29) is 6.10 Å². The molecule has 0 radical (unpaired) electrons. The van der Waals surface area contributed by atoms with Gasteiger partial charge in [-0.05, 0) is 31.2 Å². The zero-order chi connectivity index (χ0) is 13.9. The average Bonchev–Trinajstić information content (AvgIpc) is 2.47. The first kappa shape index (κ1) is 14.4. The molecular formula is C17H27NO. The smallest absolute Gasteiger partial charge is 0.0781 e. The maximum atomic E-state index is 9.90. The van der Waals surface area contributed by atoms with Crippen LogP contribution < -0.4 is 4.90 Å². The van der Waals surface area contributed by atoms with E-state index in [1.807, 2.05) is 19.1 Å². The average molecular weight is 261 g/mol. The minimum atomic E-state index is -0.389. The number of benzene rings is 1. The molecule has 1 heterocycles. The second kappa shape index (κ2) is 5.96. The number of rotatable bonds is 4. The van der Waals surface area contributed by atoms with Gasteiger partial charge in [-0.15, -0.1) is 0 Å². The lowest BCUT2D eigenvalue weighted by molar-refractivity contribution is 0.193. The molecule has 0 bridgehead atoms. The molecule has 2 rings (SSSR count). The largest absolute Gasteiger partial charge is 0.389 e. The zero-order valence-corrected chi connectivity index (χ0v) is 12.5. The molecule has 0 aromatic heterocycles. The van der Waals surface area contributed by atoms with Crippen LogP contribution in [0.5, 0.6) is 0 Å². The Kier molecular flexibility index (Phi) is 4.51. The number of aliphatic hydroxyl groups excluding tert-OH is 1. The van der Waals surface area contributed by atoms with E-state index in [1.54, 1.807) is 0 Å². The molecule has 0 unspecified atom stereocenters. The maximum absolute atomic E-state index is 9.90. The molecule has 2 nitrogen and oxygen atoms in total. The minimum absolute atomic E-state index is 0.389. The third-order valence-corrected chi connectivity index (χ3v) is 5.05. The molecule has 1 fully saturated rings. The molecule has 106 valence electrons. The van der Waals surface area contributed by atoms with Crippen molar-refractivity contribution in [3.05, 3.63) is 29.8 Å². The third kappa shape index (κ3) is 2.94. The Morgan fingerprint density at radius 1 is 1.16 bits per heavy atom. The lowest BCUT2D eigenvalue weighted by Gasteiger charge is -2.42. The van der Waals surface area contributed by atoms with Gasteiger partial charge in [0.15, 0.2) is 0 Å². The number of anilines is 1. The van der Waals surface area contributed by atoms with Crippen LogP contribution in [0.3, 0.4) is 0 Å². The highest BCUT2D eigenvalue weighted by Gasteiger charge is 2.31. The Labute approximate surface area is 117 Å². The van der Waals surface area contributed by atoms with Gasteiger partial charge in [-0.25, -0.2) is 0 Å². The van der Waals surface area contributed by atoms with E-state index in [0.29, 0.717) is 5.41 Å². The van der Waals surface area contributed by atoms with Crippen LogP contribution in [0, 0.1) is 5.41 Å². The van der Waals surface area contributed by atoms with Crippen molar-refractivity contribution >= 4 is 5.69 Å². The molecule has 0 spiro atoms. The summed E-state index contributed by atoms with van der Waals surface area (Å²) in [4.78, 5) is 2.45. The number of nitrogens with zero attached hydrogens (tertiary/aromatic N) is 1. The van der Waals surface area contributed by atoms with Crippen molar-refractivity contribution in [3.8, 4) is 0 Å². The van der Waals surface area contributed by atoms with Crippen LogP contribution >= 0.6 is 0 Å². The molecule has 1 atom stereocenters. The van der Waals surface area contributed by atoms with Gasteiger partial charge in [-0.2, -0.15) is 0 Å². The molecule has 0 aliphatic carbocycles. The summed E-state index contributed by atoms with van der Waals surface area (Å²) in [6, 6.07) is 8.27. The van der Waals surface area contributed by atoms with Crippen molar-refractivity contribution in [3.63, 3.8) is 0 Å². The predicted octanol–water partition coefficient (Wildman–Crippen LogP) is 4.15. The van der Waals surface area contributed by atoms with Crippen LogP contribution in [0.2, 0.25) is 0 Å². The summed E-state index contributed by atoms with van der Waals surface area (Å²) in [6.45, 7) is 8.73. The van der Waals surface area contributed by atoms with Gasteiger partial charge in [0.2, 0.25) is 0 Å². The molecule has 1 N–H and O–H groups in total. The highest BCUT2D eigenvalue weighted by Crippen LogP contribution is 2.40. The highest BCUT2D eigenvalue weighted by molar-refractivity contribution is 5.54. The van der Waals surface area contributed by atoms with Gasteiger partial charge in [0.25, 0.3) is 0 Å². The summed E-state index contributed by atoms with van der Waals surface area (Å²) < 4.78 is 0. The Morgan fingerprint density at radius 3 is 2.26 bits per heavy atom. The Hall–Kier alpha value is -1.02. The van der Waals surface area contributed by atoms with Gasteiger partial charge < -0.3 is 10.0 Å². The van der Waals surface area contributed by atoms with Crippen molar-refractivity contribution in [2.24, 2.45) is 5.41 Å². The van der Waals surface area contributed by atoms with Crippen LogP contribution in [0.25, 0.3) is 0 Å². The molecule has 1 aliphatic rings. The topological polar surface area (TPSA) is 23.5 Å². The first-order valence-electron chi connectivity index (χ1n) is 7.64. The summed E-state index contributed by atoms with van der Waals surface area (Å²) in [6.07, 6.45) is 4.73. The van der Waals surface area contributed by atoms with Gasteiger partial charge in [-0.1, -0.05) is 44.9 Å². The van der Waals surface area contributed by atoms with E-state index in [1.165, 1.54) is 31.4 Å². The number of piperidine rings is 1. The van der Waals surface area contributed by atoms with E-state index in [4.69, 9.17) is 0 Å². The molecule has 0 amide bonds. The SMILES string of the molecule is CCC1(CC)CCN(c2ccccc2[C@H](C)O)CC1. The quantitative estimate of drug-likeness (QED) is 0.880. The van der Waals surface area contributed by atoms with Gasteiger partial charge in [-0.3, -0.25) is 0 Å². The molecule has 1 aromatic rings. The summed E-state index contributed by atoms with van der Waals surface area (Å²) in [5.41, 5.74) is 2.83. The Morgan fingerprint density at radius 2 is 1.74 bits per heavy atom. The second-order valence-corrected chi connectivity index (χ2v) is 5.93. The molecule has 0 saturated carbocycles.